The second-order valence-corrected chi connectivity index (χ2v) is 7.95. The molecule has 1 aromatic rings. The highest BCUT2D eigenvalue weighted by Gasteiger charge is 2.43. The number of benzene rings is 1. The Labute approximate surface area is 126 Å². The van der Waals surface area contributed by atoms with E-state index in [1.807, 2.05) is 0 Å². The molecule has 1 saturated carbocycles. The lowest BCUT2D eigenvalue weighted by atomic mass is 9.78. The van der Waals surface area contributed by atoms with E-state index >= 15 is 0 Å². The van der Waals surface area contributed by atoms with Crippen LogP contribution in [-0.2, 0) is 10.0 Å². The van der Waals surface area contributed by atoms with Crippen LogP contribution in [0.1, 0.15) is 19.3 Å². The lowest BCUT2D eigenvalue weighted by molar-refractivity contribution is 0.260. The average molecular weight is 310 g/mol. The van der Waals surface area contributed by atoms with Gasteiger partial charge in [-0.1, -0.05) is 6.42 Å². The second-order valence-electron chi connectivity index (χ2n) is 6.02. The van der Waals surface area contributed by atoms with E-state index < -0.39 is 10.0 Å². The quantitative estimate of drug-likeness (QED) is 0.917. The minimum Gasteiger partial charge on any atom is -0.497 e. The highest BCUT2D eigenvalue weighted by Crippen LogP contribution is 2.37. The number of ether oxygens (including phenoxy) is 1. The highest BCUT2D eigenvalue weighted by molar-refractivity contribution is 7.89. The Morgan fingerprint density at radius 1 is 1.19 bits per heavy atom. The zero-order chi connectivity index (χ0) is 15.0. The first-order chi connectivity index (χ1) is 10.0. The van der Waals surface area contributed by atoms with Crippen LogP contribution in [0.2, 0.25) is 0 Å². The topological polar surface area (TPSA) is 72.6 Å². The standard InChI is InChI=1S/C15H22N2O3S/c1-20-12-5-7-13(8-6-12)21(18,19)17-9-11-3-2-4-15(16)14(11)10-17/h5-8,11,14-15H,2-4,9-10,16H2,1H3. The van der Waals surface area contributed by atoms with Crippen LogP contribution < -0.4 is 10.5 Å². The number of sulfonamides is 1. The first-order valence-electron chi connectivity index (χ1n) is 7.42. The fourth-order valence-corrected chi connectivity index (χ4v) is 5.10. The van der Waals surface area contributed by atoms with Crippen LogP contribution in [-0.4, -0.2) is 39.0 Å². The maximum Gasteiger partial charge on any atom is 0.243 e. The number of hydrogen-bond acceptors (Lipinski definition) is 4. The first-order valence-corrected chi connectivity index (χ1v) is 8.86. The van der Waals surface area contributed by atoms with Gasteiger partial charge in [0.05, 0.1) is 12.0 Å². The summed E-state index contributed by atoms with van der Waals surface area (Å²) in [6.07, 6.45) is 3.21. The summed E-state index contributed by atoms with van der Waals surface area (Å²) in [5.41, 5.74) is 6.16. The van der Waals surface area contributed by atoms with Gasteiger partial charge in [-0.15, -0.1) is 0 Å². The van der Waals surface area contributed by atoms with Crippen LogP contribution in [0.5, 0.6) is 5.75 Å². The van der Waals surface area contributed by atoms with Crippen LogP contribution in [0.15, 0.2) is 29.2 Å². The monoisotopic (exact) mass is 310 g/mol. The maximum atomic E-state index is 12.7. The molecule has 0 bridgehead atoms. The molecular formula is C15H22N2O3S. The minimum absolute atomic E-state index is 0.139. The number of nitrogens with zero attached hydrogens (tertiary/aromatic N) is 1. The van der Waals surface area contributed by atoms with E-state index in [1.165, 1.54) is 0 Å². The van der Waals surface area contributed by atoms with E-state index in [0.29, 0.717) is 35.6 Å². The van der Waals surface area contributed by atoms with Crippen LogP contribution in [0.25, 0.3) is 0 Å². The molecule has 0 aromatic heterocycles. The summed E-state index contributed by atoms with van der Waals surface area (Å²) >= 11 is 0. The Hall–Kier alpha value is -1.11. The van der Waals surface area contributed by atoms with E-state index in [4.69, 9.17) is 10.5 Å². The molecule has 116 valence electrons. The van der Waals surface area contributed by atoms with Crippen molar-refractivity contribution in [2.24, 2.45) is 17.6 Å². The lowest BCUT2D eigenvalue weighted by Crippen LogP contribution is -2.38. The minimum atomic E-state index is -3.42. The van der Waals surface area contributed by atoms with Crippen molar-refractivity contribution in [2.75, 3.05) is 20.2 Å². The predicted octanol–water partition coefficient (Wildman–Crippen LogP) is 1.44. The Kier molecular flexibility index (Phi) is 3.94. The number of rotatable bonds is 3. The Morgan fingerprint density at radius 3 is 2.52 bits per heavy atom. The van der Waals surface area contributed by atoms with Crippen LogP contribution in [0.4, 0.5) is 0 Å². The summed E-state index contributed by atoms with van der Waals surface area (Å²) in [5, 5.41) is 0. The number of hydrogen-bond donors (Lipinski definition) is 1. The van der Waals surface area contributed by atoms with Crippen molar-refractivity contribution in [3.05, 3.63) is 24.3 Å². The van der Waals surface area contributed by atoms with Gasteiger partial charge in [0.2, 0.25) is 10.0 Å². The smallest absolute Gasteiger partial charge is 0.243 e. The first kappa shape index (κ1) is 14.8. The molecule has 3 rings (SSSR count). The zero-order valence-electron chi connectivity index (χ0n) is 12.2. The predicted molar refractivity (Wildman–Crippen MR) is 80.6 cm³/mol. The van der Waals surface area contributed by atoms with Crippen molar-refractivity contribution >= 4 is 10.0 Å². The third kappa shape index (κ3) is 2.67. The summed E-state index contributed by atoms with van der Waals surface area (Å²) in [4.78, 5) is 0.329. The SMILES string of the molecule is COc1ccc(S(=O)(=O)N2CC3CCCC(N)C3C2)cc1. The van der Waals surface area contributed by atoms with Crippen molar-refractivity contribution < 1.29 is 13.2 Å². The Morgan fingerprint density at radius 2 is 1.90 bits per heavy atom. The second kappa shape index (κ2) is 5.59. The number of nitrogens with two attached hydrogens (primary N) is 1. The molecule has 6 heteroatoms. The molecule has 1 aliphatic heterocycles. The molecule has 0 amide bonds. The van der Waals surface area contributed by atoms with Crippen molar-refractivity contribution in [1.29, 1.82) is 0 Å². The molecule has 21 heavy (non-hydrogen) atoms. The van der Waals surface area contributed by atoms with Gasteiger partial charge in [0.1, 0.15) is 5.75 Å². The molecule has 1 heterocycles. The van der Waals surface area contributed by atoms with E-state index in [1.54, 1.807) is 35.7 Å². The molecular weight excluding hydrogens is 288 g/mol. The number of methoxy groups -OCH3 is 1. The van der Waals surface area contributed by atoms with E-state index in [2.05, 4.69) is 0 Å². The van der Waals surface area contributed by atoms with Gasteiger partial charge in [0, 0.05) is 19.1 Å². The molecule has 0 radical (unpaired) electrons. The Bertz CT molecular complexity index is 600. The number of fused-ring (bicyclic) bond motifs is 1. The third-order valence-corrected chi connectivity index (χ3v) is 6.66. The lowest BCUT2D eigenvalue weighted by Gasteiger charge is -2.29. The van der Waals surface area contributed by atoms with Gasteiger partial charge in [-0.05, 0) is 48.9 Å². The van der Waals surface area contributed by atoms with Gasteiger partial charge >= 0.3 is 0 Å². The molecule has 2 fully saturated rings. The van der Waals surface area contributed by atoms with E-state index in [9.17, 15) is 8.42 Å². The summed E-state index contributed by atoms with van der Waals surface area (Å²) in [6.45, 7) is 1.16. The molecule has 1 aliphatic carbocycles. The molecule has 5 nitrogen and oxygen atoms in total. The summed E-state index contributed by atoms with van der Waals surface area (Å²) in [7, 11) is -1.86. The van der Waals surface area contributed by atoms with Gasteiger partial charge in [-0.3, -0.25) is 0 Å². The van der Waals surface area contributed by atoms with Gasteiger partial charge in [0.25, 0.3) is 0 Å². The molecule has 1 saturated heterocycles. The van der Waals surface area contributed by atoms with Gasteiger partial charge in [-0.25, -0.2) is 8.42 Å². The Balaban J connectivity index is 1.82. The molecule has 3 unspecified atom stereocenters. The highest BCUT2D eigenvalue weighted by atomic mass is 32.2. The summed E-state index contributed by atoms with van der Waals surface area (Å²) < 4.78 is 32.1. The van der Waals surface area contributed by atoms with Crippen LogP contribution >= 0.6 is 0 Å². The normalized spacial score (nSPS) is 30.1. The van der Waals surface area contributed by atoms with Crippen molar-refractivity contribution in [2.45, 2.75) is 30.2 Å². The van der Waals surface area contributed by atoms with Crippen molar-refractivity contribution in [3.8, 4) is 5.75 Å². The van der Waals surface area contributed by atoms with Gasteiger partial charge in [-0.2, -0.15) is 4.31 Å². The third-order valence-electron chi connectivity index (χ3n) is 4.82. The average Bonchev–Trinajstić information content (AvgIpc) is 2.94. The summed E-state index contributed by atoms with van der Waals surface area (Å²) in [6, 6.07) is 6.72. The summed E-state index contributed by atoms with van der Waals surface area (Å²) in [5.74, 6) is 1.39. The fourth-order valence-electron chi connectivity index (χ4n) is 3.57. The maximum absolute atomic E-state index is 12.7. The van der Waals surface area contributed by atoms with Crippen LogP contribution in [0.3, 0.4) is 0 Å². The molecule has 3 atom stereocenters. The largest absolute Gasteiger partial charge is 0.497 e. The van der Waals surface area contributed by atoms with Gasteiger partial charge < -0.3 is 10.5 Å². The van der Waals surface area contributed by atoms with Crippen LogP contribution in [0, 0.1) is 11.8 Å². The van der Waals surface area contributed by atoms with E-state index in [0.717, 1.165) is 19.3 Å². The molecule has 1 aromatic carbocycles. The van der Waals surface area contributed by atoms with Gasteiger partial charge in [0.15, 0.2) is 0 Å². The molecule has 2 N–H and O–H groups in total. The molecule has 0 spiro atoms. The van der Waals surface area contributed by atoms with Crippen molar-refractivity contribution in [1.82, 2.24) is 4.31 Å². The molecule has 2 aliphatic rings. The van der Waals surface area contributed by atoms with Crippen molar-refractivity contribution in [3.63, 3.8) is 0 Å². The van der Waals surface area contributed by atoms with E-state index in [-0.39, 0.29) is 6.04 Å². The zero-order valence-corrected chi connectivity index (χ0v) is 13.1. The fraction of sp³-hybridized carbons (Fsp3) is 0.600.